The summed E-state index contributed by atoms with van der Waals surface area (Å²) < 4.78 is 0. The van der Waals surface area contributed by atoms with Gasteiger partial charge in [-0.15, -0.1) is 11.8 Å². The van der Waals surface area contributed by atoms with Crippen molar-refractivity contribution in [1.82, 2.24) is 10.6 Å². The predicted molar refractivity (Wildman–Crippen MR) is 116 cm³/mol. The number of hydrogen-bond donors (Lipinski definition) is 3. The van der Waals surface area contributed by atoms with Crippen molar-refractivity contribution in [3.05, 3.63) is 65.2 Å². The van der Waals surface area contributed by atoms with Crippen LogP contribution in [-0.4, -0.2) is 34.7 Å². The Labute approximate surface area is 180 Å². The third-order valence-electron chi connectivity index (χ3n) is 5.22. The van der Waals surface area contributed by atoms with Gasteiger partial charge in [-0.05, 0) is 41.7 Å². The summed E-state index contributed by atoms with van der Waals surface area (Å²) in [5.41, 5.74) is 3.53. The van der Waals surface area contributed by atoms with Gasteiger partial charge in [0.1, 0.15) is 6.04 Å². The highest BCUT2D eigenvalue weighted by Crippen LogP contribution is 2.41. The van der Waals surface area contributed by atoms with Gasteiger partial charge in [-0.3, -0.25) is 9.59 Å². The van der Waals surface area contributed by atoms with Gasteiger partial charge in [-0.2, -0.15) is 0 Å². The molecule has 2 aromatic carbocycles. The molecule has 0 fully saturated rings. The lowest BCUT2D eigenvalue weighted by atomic mass is 9.77. The molecule has 7 heteroatoms. The van der Waals surface area contributed by atoms with Crippen molar-refractivity contribution in [3.63, 3.8) is 0 Å². The first kappa shape index (κ1) is 21.9. The van der Waals surface area contributed by atoms with Crippen LogP contribution in [0.1, 0.15) is 55.3 Å². The van der Waals surface area contributed by atoms with E-state index in [1.807, 2.05) is 24.3 Å². The molecule has 1 aliphatic rings. The highest BCUT2D eigenvalue weighted by Gasteiger charge is 2.28. The first-order chi connectivity index (χ1) is 14.3. The van der Waals surface area contributed by atoms with Crippen molar-refractivity contribution < 1.29 is 19.5 Å². The van der Waals surface area contributed by atoms with Crippen molar-refractivity contribution >= 4 is 29.5 Å². The number of hydrogen-bond acceptors (Lipinski definition) is 4. The first-order valence-corrected chi connectivity index (χ1v) is 10.9. The van der Waals surface area contributed by atoms with E-state index in [-0.39, 0.29) is 29.5 Å². The molecule has 2 amide bonds. The average Bonchev–Trinajstić information content (AvgIpc) is 2.71. The maximum atomic E-state index is 11.6. The minimum absolute atomic E-state index is 0.0289. The number of benzene rings is 2. The Morgan fingerprint density at radius 1 is 1.03 bits per heavy atom. The average molecular weight is 427 g/mol. The van der Waals surface area contributed by atoms with Crippen LogP contribution in [0.3, 0.4) is 0 Å². The van der Waals surface area contributed by atoms with Gasteiger partial charge < -0.3 is 15.7 Å². The van der Waals surface area contributed by atoms with Gasteiger partial charge >= 0.3 is 5.97 Å². The number of nitrogens with one attached hydrogen (secondary N) is 2. The Bertz CT molecular complexity index is 946. The second-order valence-electron chi connectivity index (χ2n) is 7.49. The summed E-state index contributed by atoms with van der Waals surface area (Å²) in [4.78, 5) is 35.1. The van der Waals surface area contributed by atoms with Crippen LogP contribution in [0.25, 0.3) is 0 Å². The van der Waals surface area contributed by atoms with Gasteiger partial charge in [-0.25, -0.2) is 4.79 Å². The zero-order valence-electron chi connectivity index (χ0n) is 17.1. The molecule has 0 bridgehead atoms. The van der Waals surface area contributed by atoms with Gasteiger partial charge in [0, 0.05) is 30.4 Å². The Morgan fingerprint density at radius 3 is 2.43 bits per heavy atom. The Balaban J connectivity index is 1.79. The van der Waals surface area contributed by atoms with Crippen molar-refractivity contribution in [2.75, 3.05) is 5.75 Å². The number of amides is 2. The summed E-state index contributed by atoms with van der Waals surface area (Å²) in [5.74, 6) is -0.955. The number of carbonyl (C=O) groups excluding carboxylic acids is 2. The molecule has 3 N–H and O–H groups in total. The fourth-order valence-electron chi connectivity index (χ4n) is 3.95. The molecule has 2 unspecified atom stereocenters. The molecule has 0 saturated carbocycles. The van der Waals surface area contributed by atoms with Crippen molar-refractivity contribution in [2.24, 2.45) is 0 Å². The number of fused-ring (bicyclic) bond motifs is 1. The molecular formula is C23H26N2O4S. The Hall–Kier alpha value is -2.80. The van der Waals surface area contributed by atoms with Gasteiger partial charge in [0.2, 0.25) is 11.8 Å². The summed E-state index contributed by atoms with van der Waals surface area (Å²) >= 11 is 1.41. The third kappa shape index (κ3) is 5.42. The van der Waals surface area contributed by atoms with Crippen LogP contribution in [-0.2, 0) is 14.4 Å². The standard InChI is InChI=1S/C23H26N2O4S/c1-14(26)24-21-11-10-18(19-8-3-4-9-20(19)21)16-6-5-7-17(12-16)30-13-22(23(28)29)25-15(2)27/h3-9,12,18,21-22H,10-11,13H2,1-2H3,(H,24,26)(H,25,27)(H,28,29)/t18?,21?,22-/m0/s1. The quantitative estimate of drug-likeness (QED) is 0.589. The molecule has 6 nitrogen and oxygen atoms in total. The molecule has 0 aromatic heterocycles. The lowest BCUT2D eigenvalue weighted by molar-refractivity contribution is -0.140. The lowest BCUT2D eigenvalue weighted by Gasteiger charge is -2.32. The second kappa shape index (κ2) is 9.80. The van der Waals surface area contributed by atoms with E-state index < -0.39 is 12.0 Å². The lowest BCUT2D eigenvalue weighted by Crippen LogP contribution is -2.41. The van der Waals surface area contributed by atoms with E-state index in [2.05, 4.69) is 34.9 Å². The molecule has 0 saturated heterocycles. The molecule has 0 radical (unpaired) electrons. The minimum Gasteiger partial charge on any atom is -0.480 e. The summed E-state index contributed by atoms with van der Waals surface area (Å²) in [5, 5.41) is 14.8. The molecule has 2 aromatic rings. The van der Waals surface area contributed by atoms with Gasteiger partial charge in [0.15, 0.2) is 0 Å². The van der Waals surface area contributed by atoms with Crippen LogP contribution >= 0.6 is 11.8 Å². The number of carbonyl (C=O) groups is 3. The monoisotopic (exact) mass is 426 g/mol. The van der Waals surface area contributed by atoms with Crippen LogP contribution in [0.15, 0.2) is 53.4 Å². The zero-order chi connectivity index (χ0) is 21.7. The maximum Gasteiger partial charge on any atom is 0.327 e. The van der Waals surface area contributed by atoms with Gasteiger partial charge in [0.25, 0.3) is 0 Å². The van der Waals surface area contributed by atoms with E-state index in [4.69, 9.17) is 0 Å². The summed E-state index contributed by atoms with van der Waals surface area (Å²) in [6, 6.07) is 15.4. The summed E-state index contributed by atoms with van der Waals surface area (Å²) in [6.07, 6.45) is 1.78. The van der Waals surface area contributed by atoms with Crippen LogP contribution in [0.5, 0.6) is 0 Å². The second-order valence-corrected chi connectivity index (χ2v) is 8.58. The Kier molecular flexibility index (Phi) is 7.15. The number of rotatable bonds is 7. The van der Waals surface area contributed by atoms with E-state index in [0.29, 0.717) is 0 Å². The maximum absolute atomic E-state index is 11.6. The smallest absolute Gasteiger partial charge is 0.327 e. The summed E-state index contributed by atoms with van der Waals surface area (Å²) in [7, 11) is 0. The van der Waals surface area contributed by atoms with E-state index in [1.165, 1.54) is 29.8 Å². The molecule has 0 heterocycles. The van der Waals surface area contributed by atoms with E-state index in [9.17, 15) is 19.5 Å². The topological polar surface area (TPSA) is 95.5 Å². The van der Waals surface area contributed by atoms with Crippen LogP contribution < -0.4 is 10.6 Å². The number of carboxylic acids is 1. The molecule has 3 rings (SSSR count). The SMILES string of the molecule is CC(=O)NC1CCC(c2cccc(SC[C@H](NC(C)=O)C(=O)O)c2)c2ccccc21. The molecular weight excluding hydrogens is 400 g/mol. The van der Waals surface area contributed by atoms with Gasteiger partial charge in [-0.1, -0.05) is 36.4 Å². The minimum atomic E-state index is -1.04. The van der Waals surface area contributed by atoms with E-state index in [1.54, 1.807) is 6.92 Å². The van der Waals surface area contributed by atoms with Crippen LogP contribution in [0.2, 0.25) is 0 Å². The number of thioether (sulfide) groups is 1. The van der Waals surface area contributed by atoms with Crippen LogP contribution in [0.4, 0.5) is 0 Å². The summed E-state index contributed by atoms with van der Waals surface area (Å²) in [6.45, 7) is 2.86. The first-order valence-electron chi connectivity index (χ1n) is 9.93. The highest BCUT2D eigenvalue weighted by atomic mass is 32.2. The molecule has 1 aliphatic carbocycles. The number of aliphatic carboxylic acids is 1. The third-order valence-corrected chi connectivity index (χ3v) is 6.31. The highest BCUT2D eigenvalue weighted by molar-refractivity contribution is 7.99. The molecule has 0 aliphatic heterocycles. The number of carboxylic acid groups (broad SMARTS) is 1. The van der Waals surface area contributed by atoms with Gasteiger partial charge in [0.05, 0.1) is 6.04 Å². The van der Waals surface area contributed by atoms with Crippen molar-refractivity contribution in [3.8, 4) is 0 Å². The molecule has 0 spiro atoms. The molecule has 3 atom stereocenters. The fourth-order valence-corrected chi connectivity index (χ4v) is 4.93. The van der Waals surface area contributed by atoms with E-state index in [0.717, 1.165) is 23.3 Å². The normalized spacial score (nSPS) is 18.7. The van der Waals surface area contributed by atoms with Crippen molar-refractivity contribution in [2.45, 2.75) is 49.6 Å². The molecule has 30 heavy (non-hydrogen) atoms. The zero-order valence-corrected chi connectivity index (χ0v) is 17.9. The largest absolute Gasteiger partial charge is 0.480 e. The Morgan fingerprint density at radius 2 is 1.77 bits per heavy atom. The van der Waals surface area contributed by atoms with Crippen molar-refractivity contribution in [1.29, 1.82) is 0 Å². The van der Waals surface area contributed by atoms with Crippen LogP contribution in [0, 0.1) is 0 Å². The molecule has 158 valence electrons. The van der Waals surface area contributed by atoms with E-state index >= 15 is 0 Å². The predicted octanol–water partition coefficient (Wildman–Crippen LogP) is 3.47. The fraction of sp³-hybridized carbons (Fsp3) is 0.348.